The fourth-order valence-corrected chi connectivity index (χ4v) is 3.34. The van der Waals surface area contributed by atoms with Crippen molar-refractivity contribution < 1.29 is 61.3 Å². The minimum absolute atomic E-state index is 0.556. The number of benzene rings is 1. The Hall–Kier alpha value is -3.88. The van der Waals surface area contributed by atoms with Gasteiger partial charge in [0.2, 0.25) is 12.4 Å². The van der Waals surface area contributed by atoms with Crippen molar-refractivity contribution in [1.29, 1.82) is 0 Å². The molecular weight excluding hydrogens is 496 g/mol. The number of ether oxygens (including phenoxy) is 6. The van der Waals surface area contributed by atoms with Gasteiger partial charge in [-0.1, -0.05) is 0 Å². The molecule has 15 heteroatoms. The van der Waals surface area contributed by atoms with Gasteiger partial charge < -0.3 is 28.4 Å². The van der Waals surface area contributed by atoms with Gasteiger partial charge in [0.1, 0.15) is 18.5 Å². The Labute approximate surface area is 202 Å². The molecule has 0 bridgehead atoms. The summed E-state index contributed by atoms with van der Waals surface area (Å²) in [7, 11) is 0. The summed E-state index contributed by atoms with van der Waals surface area (Å²) in [6.45, 7) is 3.55. The second-order valence-corrected chi connectivity index (χ2v) is 7.47. The van der Waals surface area contributed by atoms with Crippen LogP contribution in [-0.4, -0.2) is 66.1 Å². The van der Waals surface area contributed by atoms with Crippen LogP contribution in [0.25, 0.3) is 0 Å². The molecular formula is C21H23F2NO12. The number of nitro groups is 1. The van der Waals surface area contributed by atoms with Crippen LogP contribution in [0, 0.1) is 10.1 Å². The van der Waals surface area contributed by atoms with Gasteiger partial charge in [-0.05, 0) is 6.07 Å². The van der Waals surface area contributed by atoms with Gasteiger partial charge in [-0.2, -0.15) is 0 Å². The molecule has 1 saturated heterocycles. The zero-order chi connectivity index (χ0) is 27.2. The first-order valence-electron chi connectivity index (χ1n) is 10.3. The molecule has 1 aliphatic rings. The van der Waals surface area contributed by atoms with Crippen LogP contribution < -0.4 is 4.74 Å². The number of rotatable bonds is 9. The number of non-ortho nitro benzene ring substituents is 1. The second-order valence-electron chi connectivity index (χ2n) is 7.47. The van der Waals surface area contributed by atoms with Crippen molar-refractivity contribution in [2.24, 2.45) is 0 Å². The Morgan fingerprint density at radius 3 is 2.00 bits per heavy atom. The quantitative estimate of drug-likeness (QED) is 0.202. The maximum atomic E-state index is 13.7. The lowest BCUT2D eigenvalue weighted by atomic mass is 9.98. The Kier molecular flexibility index (Phi) is 9.60. The van der Waals surface area contributed by atoms with Gasteiger partial charge in [-0.25, -0.2) is 8.78 Å². The SMILES string of the molecule is CC(=O)OCC1O[C@@H](Oc2ccc([N+](=O)[O-])cc2C(F)F)C(OC(C)=O)C(OC(C)=O)[C@H]1OC(C)=O. The lowest BCUT2D eigenvalue weighted by molar-refractivity contribution is -0.385. The number of nitro benzene ring substituents is 1. The van der Waals surface area contributed by atoms with Crippen molar-refractivity contribution in [1.82, 2.24) is 0 Å². The molecule has 1 fully saturated rings. The molecule has 0 radical (unpaired) electrons. The predicted octanol–water partition coefficient (Wildman–Crippen LogP) is 1.99. The highest BCUT2D eigenvalue weighted by molar-refractivity contribution is 5.68. The monoisotopic (exact) mass is 519 g/mol. The average molecular weight is 519 g/mol. The van der Waals surface area contributed by atoms with E-state index >= 15 is 0 Å². The zero-order valence-corrected chi connectivity index (χ0v) is 19.5. The standard InChI is InChI=1S/C21H23F2NO12/c1-9(25)31-8-16-17(32-10(2)26)18(33-11(3)27)19(34-12(4)28)21(36-16)35-15-6-5-13(24(29)30)7-14(15)20(22)23/h5-7,16-21H,8H2,1-4H3/t16?,17-,18?,19?,21+/m0/s1. The van der Waals surface area contributed by atoms with Crippen molar-refractivity contribution >= 4 is 29.6 Å². The van der Waals surface area contributed by atoms with E-state index in [0.29, 0.717) is 6.07 Å². The molecule has 0 N–H and O–H groups in total. The number of carbonyl (C=O) groups is 4. The van der Waals surface area contributed by atoms with Crippen LogP contribution in [0.4, 0.5) is 14.5 Å². The van der Waals surface area contributed by atoms with Crippen molar-refractivity contribution in [3.05, 3.63) is 33.9 Å². The van der Waals surface area contributed by atoms with Crippen LogP contribution in [0.5, 0.6) is 5.75 Å². The summed E-state index contributed by atoms with van der Waals surface area (Å²) >= 11 is 0. The Bertz CT molecular complexity index is 1020. The third kappa shape index (κ3) is 7.56. The molecule has 3 unspecified atom stereocenters. The summed E-state index contributed by atoms with van der Waals surface area (Å²) in [4.78, 5) is 56.8. The topological polar surface area (TPSA) is 167 Å². The molecule has 0 spiro atoms. The number of esters is 4. The van der Waals surface area contributed by atoms with Crippen molar-refractivity contribution in [2.45, 2.75) is 64.8 Å². The van der Waals surface area contributed by atoms with Crippen LogP contribution in [0.15, 0.2) is 18.2 Å². The lowest BCUT2D eigenvalue weighted by Crippen LogP contribution is -2.63. The molecule has 13 nitrogen and oxygen atoms in total. The fraction of sp³-hybridized carbons (Fsp3) is 0.524. The van der Waals surface area contributed by atoms with E-state index in [4.69, 9.17) is 28.4 Å². The average Bonchev–Trinajstić information content (AvgIpc) is 2.75. The van der Waals surface area contributed by atoms with Gasteiger partial charge >= 0.3 is 23.9 Å². The Balaban J connectivity index is 2.56. The normalized spacial score (nSPS) is 23.4. The smallest absolute Gasteiger partial charge is 0.303 e. The number of hydrogen-bond acceptors (Lipinski definition) is 12. The minimum atomic E-state index is -3.22. The first-order chi connectivity index (χ1) is 16.8. The van der Waals surface area contributed by atoms with E-state index in [2.05, 4.69) is 0 Å². The van der Waals surface area contributed by atoms with E-state index in [1.165, 1.54) is 0 Å². The van der Waals surface area contributed by atoms with E-state index in [1.54, 1.807) is 0 Å². The maximum absolute atomic E-state index is 13.7. The first-order valence-corrected chi connectivity index (χ1v) is 10.3. The van der Waals surface area contributed by atoms with Crippen LogP contribution in [0.1, 0.15) is 39.7 Å². The van der Waals surface area contributed by atoms with E-state index in [1.807, 2.05) is 0 Å². The highest BCUT2D eigenvalue weighted by Crippen LogP contribution is 2.36. The molecule has 0 aromatic heterocycles. The van der Waals surface area contributed by atoms with Crippen molar-refractivity contribution in [3.8, 4) is 5.75 Å². The second kappa shape index (κ2) is 12.2. The molecule has 2 rings (SSSR count). The van der Waals surface area contributed by atoms with E-state index in [9.17, 15) is 38.1 Å². The van der Waals surface area contributed by atoms with Gasteiger partial charge in [0.05, 0.1) is 10.5 Å². The molecule has 36 heavy (non-hydrogen) atoms. The lowest BCUT2D eigenvalue weighted by Gasteiger charge is -2.44. The van der Waals surface area contributed by atoms with E-state index < -0.39 is 89.5 Å². The van der Waals surface area contributed by atoms with Crippen LogP contribution >= 0.6 is 0 Å². The van der Waals surface area contributed by atoms with Crippen molar-refractivity contribution in [3.63, 3.8) is 0 Å². The van der Waals surface area contributed by atoms with Gasteiger partial charge in [0.25, 0.3) is 12.1 Å². The molecule has 1 heterocycles. The molecule has 1 aromatic carbocycles. The highest BCUT2D eigenvalue weighted by atomic mass is 19.3. The van der Waals surface area contributed by atoms with E-state index in [-0.39, 0.29) is 0 Å². The third-order valence-corrected chi connectivity index (χ3v) is 4.63. The number of halogens is 2. The van der Waals surface area contributed by atoms with Crippen LogP contribution in [0.2, 0.25) is 0 Å². The van der Waals surface area contributed by atoms with Gasteiger partial charge in [-0.3, -0.25) is 29.3 Å². The molecule has 198 valence electrons. The number of nitrogens with zero attached hydrogens (tertiary/aromatic N) is 1. The van der Waals surface area contributed by atoms with Crippen LogP contribution in [0.3, 0.4) is 0 Å². The summed E-state index contributed by atoms with van der Waals surface area (Å²) in [6, 6.07) is 2.37. The number of carbonyl (C=O) groups excluding carboxylic acids is 4. The highest BCUT2D eigenvalue weighted by Gasteiger charge is 2.53. The number of alkyl halides is 2. The van der Waals surface area contributed by atoms with Crippen LogP contribution in [-0.2, 0) is 42.9 Å². The summed E-state index contributed by atoms with van der Waals surface area (Å²) in [6.07, 6.45) is -11.1. The molecule has 1 aromatic rings. The first kappa shape index (κ1) is 28.4. The van der Waals surface area contributed by atoms with E-state index in [0.717, 1.165) is 39.8 Å². The zero-order valence-electron chi connectivity index (χ0n) is 19.5. The predicted molar refractivity (Wildman–Crippen MR) is 111 cm³/mol. The van der Waals surface area contributed by atoms with Gasteiger partial charge in [0.15, 0.2) is 12.2 Å². The summed E-state index contributed by atoms with van der Waals surface area (Å²) in [5.41, 5.74) is -1.52. The van der Waals surface area contributed by atoms with Crippen molar-refractivity contribution in [2.75, 3.05) is 6.61 Å². The number of hydrogen-bond donors (Lipinski definition) is 0. The molecule has 0 aliphatic carbocycles. The Morgan fingerprint density at radius 2 is 1.50 bits per heavy atom. The third-order valence-electron chi connectivity index (χ3n) is 4.63. The summed E-state index contributed by atoms with van der Waals surface area (Å²) in [5, 5.41) is 11.0. The minimum Gasteiger partial charge on any atom is -0.463 e. The molecule has 1 aliphatic heterocycles. The maximum Gasteiger partial charge on any atom is 0.303 e. The summed E-state index contributed by atoms with van der Waals surface area (Å²) in [5.74, 6) is -4.00. The molecule has 0 saturated carbocycles. The Morgan fingerprint density at radius 1 is 0.944 bits per heavy atom. The fourth-order valence-electron chi connectivity index (χ4n) is 3.34. The largest absolute Gasteiger partial charge is 0.463 e. The summed E-state index contributed by atoms with van der Waals surface area (Å²) < 4.78 is 59.0. The van der Waals surface area contributed by atoms with Gasteiger partial charge in [0, 0.05) is 39.8 Å². The molecule has 5 atom stereocenters. The molecule has 0 amide bonds. The van der Waals surface area contributed by atoms with Gasteiger partial charge in [-0.15, -0.1) is 0 Å².